The number of benzene rings is 1. The van der Waals surface area contributed by atoms with Crippen molar-refractivity contribution in [2.45, 2.75) is 38.6 Å². The van der Waals surface area contributed by atoms with Crippen molar-refractivity contribution in [2.24, 2.45) is 0 Å². The second kappa shape index (κ2) is 8.06. The number of rotatable bonds is 7. The Kier molecular flexibility index (Phi) is 6.22. The summed E-state index contributed by atoms with van der Waals surface area (Å²) in [6, 6.07) is 6.98. The van der Waals surface area contributed by atoms with Gasteiger partial charge in [-0.1, -0.05) is 18.2 Å². The highest BCUT2D eigenvalue weighted by Crippen LogP contribution is 2.24. The monoisotopic (exact) mass is 392 g/mol. The molecule has 0 bridgehead atoms. The van der Waals surface area contributed by atoms with Crippen LogP contribution >= 0.6 is 0 Å². The molecule has 0 radical (unpaired) electrons. The summed E-state index contributed by atoms with van der Waals surface area (Å²) in [6.07, 6.45) is 0. The number of hydrogen-bond acceptors (Lipinski definition) is 5. The van der Waals surface area contributed by atoms with Gasteiger partial charge in [-0.3, -0.25) is 4.79 Å². The van der Waals surface area contributed by atoms with E-state index in [9.17, 15) is 18.0 Å². The predicted octanol–water partition coefficient (Wildman–Crippen LogP) is 2.70. The Balaban J connectivity index is 2.36. The zero-order valence-electron chi connectivity index (χ0n) is 16.1. The van der Waals surface area contributed by atoms with Gasteiger partial charge in [-0.2, -0.15) is 4.31 Å². The van der Waals surface area contributed by atoms with Gasteiger partial charge in [0.1, 0.15) is 5.69 Å². The van der Waals surface area contributed by atoms with E-state index in [-0.39, 0.29) is 23.0 Å². The minimum Gasteiger partial charge on any atom is -0.461 e. The van der Waals surface area contributed by atoms with E-state index < -0.39 is 22.0 Å². The first-order valence-electron chi connectivity index (χ1n) is 8.56. The van der Waals surface area contributed by atoms with E-state index in [2.05, 4.69) is 4.98 Å². The molecule has 0 aliphatic carbocycles. The molecule has 0 aliphatic heterocycles. The molecule has 1 unspecified atom stereocenters. The second-order valence-corrected chi connectivity index (χ2v) is 8.22. The van der Waals surface area contributed by atoms with Crippen LogP contribution in [0, 0.1) is 13.8 Å². The van der Waals surface area contributed by atoms with Gasteiger partial charge >= 0.3 is 5.97 Å². The Morgan fingerprint density at radius 2 is 1.78 bits per heavy atom. The van der Waals surface area contributed by atoms with E-state index in [0.717, 1.165) is 4.31 Å². The molecule has 1 atom stereocenters. The third-order valence-corrected chi connectivity index (χ3v) is 6.45. The van der Waals surface area contributed by atoms with Crippen LogP contribution in [0.3, 0.4) is 0 Å². The van der Waals surface area contributed by atoms with Crippen molar-refractivity contribution in [3.8, 4) is 0 Å². The van der Waals surface area contributed by atoms with Crippen LogP contribution in [0.1, 0.15) is 46.0 Å². The summed E-state index contributed by atoms with van der Waals surface area (Å²) in [4.78, 5) is 28.0. The van der Waals surface area contributed by atoms with Gasteiger partial charge in [0.2, 0.25) is 10.0 Å². The van der Waals surface area contributed by atoms with Gasteiger partial charge in [0.25, 0.3) is 0 Å². The zero-order valence-corrected chi connectivity index (χ0v) is 16.9. The topological polar surface area (TPSA) is 96.5 Å². The maximum atomic E-state index is 13.0. The summed E-state index contributed by atoms with van der Waals surface area (Å²) < 4.78 is 31.6. The van der Waals surface area contributed by atoms with E-state index in [1.165, 1.54) is 26.1 Å². The second-order valence-electron chi connectivity index (χ2n) is 6.22. The molecule has 146 valence electrons. The first-order chi connectivity index (χ1) is 12.6. The number of hydrogen-bond donors (Lipinski definition) is 1. The number of likely N-dealkylation sites (N-methyl/N-ethyl adjacent to an activating group) is 1. The molecule has 0 amide bonds. The van der Waals surface area contributed by atoms with Crippen molar-refractivity contribution in [3.05, 3.63) is 52.8 Å². The van der Waals surface area contributed by atoms with Crippen LogP contribution in [0.15, 0.2) is 35.2 Å². The standard InChI is InChI=1S/C19H24N2O5S/c1-6-26-19(23)17-12(2)16(13(3)20-17)18(22)14(4)21(5)27(24,25)15-10-8-7-9-11-15/h7-11,14,20H,6H2,1-5H3. The molecular formula is C19H24N2O5S. The van der Waals surface area contributed by atoms with Crippen molar-refractivity contribution in [2.75, 3.05) is 13.7 Å². The lowest BCUT2D eigenvalue weighted by Crippen LogP contribution is -2.40. The van der Waals surface area contributed by atoms with Gasteiger partial charge < -0.3 is 9.72 Å². The van der Waals surface area contributed by atoms with Gasteiger partial charge in [0, 0.05) is 18.3 Å². The molecule has 8 heteroatoms. The average molecular weight is 392 g/mol. The first-order valence-corrected chi connectivity index (χ1v) is 10.0. The maximum absolute atomic E-state index is 13.0. The third-order valence-electron chi connectivity index (χ3n) is 4.51. The van der Waals surface area contributed by atoms with E-state index >= 15 is 0 Å². The molecule has 1 aromatic heterocycles. The molecule has 0 saturated heterocycles. The largest absolute Gasteiger partial charge is 0.461 e. The Labute approximate surface area is 159 Å². The van der Waals surface area contributed by atoms with E-state index in [1.807, 2.05) is 0 Å². The van der Waals surface area contributed by atoms with Crippen LogP contribution in [0.4, 0.5) is 0 Å². The van der Waals surface area contributed by atoms with Crippen molar-refractivity contribution in [1.82, 2.24) is 9.29 Å². The molecular weight excluding hydrogens is 368 g/mol. The number of aromatic amines is 1. The summed E-state index contributed by atoms with van der Waals surface area (Å²) >= 11 is 0. The fraction of sp³-hybridized carbons (Fsp3) is 0.368. The number of Topliss-reactive ketones (excluding diaryl/α,β-unsaturated/α-hetero) is 1. The minimum atomic E-state index is -3.82. The molecule has 0 spiro atoms. The Morgan fingerprint density at radius 1 is 1.19 bits per heavy atom. The number of carbonyl (C=O) groups is 2. The fourth-order valence-electron chi connectivity index (χ4n) is 2.87. The van der Waals surface area contributed by atoms with Gasteiger partial charge in [-0.25, -0.2) is 13.2 Å². The highest BCUT2D eigenvalue weighted by Gasteiger charge is 2.33. The number of esters is 1. The molecule has 2 aromatic rings. The number of ketones is 1. The molecule has 0 aliphatic rings. The van der Waals surface area contributed by atoms with Crippen LogP contribution in [0.5, 0.6) is 0 Å². The number of carbonyl (C=O) groups excluding carboxylic acids is 2. The van der Waals surface area contributed by atoms with Crippen LogP contribution in [-0.4, -0.2) is 49.2 Å². The number of aryl methyl sites for hydroxylation is 1. The average Bonchev–Trinajstić information content (AvgIpc) is 2.95. The molecule has 0 fully saturated rings. The van der Waals surface area contributed by atoms with E-state index in [0.29, 0.717) is 16.8 Å². The predicted molar refractivity (Wildman–Crippen MR) is 101 cm³/mol. The summed E-state index contributed by atoms with van der Waals surface area (Å²) in [7, 11) is -2.45. The fourth-order valence-corrected chi connectivity index (χ4v) is 4.21. The van der Waals surface area contributed by atoms with Gasteiger partial charge in [0.05, 0.1) is 17.5 Å². The quantitative estimate of drug-likeness (QED) is 0.577. The number of sulfonamides is 1. The SMILES string of the molecule is CCOC(=O)c1[nH]c(C)c(C(=O)C(C)N(C)S(=O)(=O)c2ccccc2)c1C. The number of ether oxygens (including phenoxy) is 1. The van der Waals surface area contributed by atoms with Crippen LogP contribution in [0.2, 0.25) is 0 Å². The smallest absolute Gasteiger partial charge is 0.355 e. The maximum Gasteiger partial charge on any atom is 0.355 e. The third kappa shape index (κ3) is 3.96. The summed E-state index contributed by atoms with van der Waals surface area (Å²) in [5, 5.41) is 0. The van der Waals surface area contributed by atoms with Crippen LogP contribution in [-0.2, 0) is 14.8 Å². The number of nitrogens with zero attached hydrogens (tertiary/aromatic N) is 1. The molecule has 0 saturated carbocycles. The van der Waals surface area contributed by atoms with Gasteiger partial charge in [0.15, 0.2) is 5.78 Å². The Hall–Kier alpha value is -2.45. The normalized spacial score (nSPS) is 12.8. The number of nitrogens with one attached hydrogen (secondary N) is 1. The van der Waals surface area contributed by atoms with Crippen molar-refractivity contribution >= 4 is 21.8 Å². The van der Waals surface area contributed by atoms with Crippen LogP contribution in [0.25, 0.3) is 0 Å². The van der Waals surface area contributed by atoms with Gasteiger partial charge in [-0.05, 0) is 45.4 Å². The Morgan fingerprint density at radius 3 is 2.33 bits per heavy atom. The molecule has 7 nitrogen and oxygen atoms in total. The molecule has 2 rings (SSSR count). The highest BCUT2D eigenvalue weighted by molar-refractivity contribution is 7.89. The summed E-state index contributed by atoms with van der Waals surface area (Å²) in [6.45, 7) is 6.75. The van der Waals surface area contributed by atoms with Gasteiger partial charge in [-0.15, -0.1) is 0 Å². The molecule has 1 heterocycles. The summed E-state index contributed by atoms with van der Waals surface area (Å²) in [5.74, 6) is -0.936. The summed E-state index contributed by atoms with van der Waals surface area (Å²) in [5.41, 5.74) is 1.46. The van der Waals surface area contributed by atoms with Crippen molar-refractivity contribution in [1.29, 1.82) is 0 Å². The zero-order chi connectivity index (χ0) is 20.4. The molecule has 1 N–H and O–H groups in total. The Bertz CT molecular complexity index is 948. The van der Waals surface area contributed by atoms with Crippen LogP contribution < -0.4 is 0 Å². The highest BCUT2D eigenvalue weighted by atomic mass is 32.2. The van der Waals surface area contributed by atoms with Crippen molar-refractivity contribution in [3.63, 3.8) is 0 Å². The molecule has 1 aromatic carbocycles. The first kappa shape index (κ1) is 20.9. The molecule has 27 heavy (non-hydrogen) atoms. The lowest BCUT2D eigenvalue weighted by Gasteiger charge is -2.23. The number of aromatic nitrogens is 1. The van der Waals surface area contributed by atoms with E-state index in [4.69, 9.17) is 4.74 Å². The van der Waals surface area contributed by atoms with Crippen molar-refractivity contribution < 1.29 is 22.7 Å². The minimum absolute atomic E-state index is 0.113. The van der Waals surface area contributed by atoms with E-state index in [1.54, 1.807) is 39.0 Å². The lowest BCUT2D eigenvalue weighted by atomic mass is 10.0. The number of H-pyrrole nitrogens is 1. The lowest BCUT2D eigenvalue weighted by molar-refractivity contribution is 0.0519.